The summed E-state index contributed by atoms with van der Waals surface area (Å²) in [4.78, 5) is 19.8. The summed E-state index contributed by atoms with van der Waals surface area (Å²) in [6, 6.07) is 8.70. The van der Waals surface area contributed by atoms with Gasteiger partial charge >= 0.3 is 0 Å². The molecule has 2 bridgehead atoms. The molecule has 1 aromatic carbocycles. The molecule has 3 atom stereocenters. The van der Waals surface area contributed by atoms with Crippen molar-refractivity contribution >= 4 is 23.5 Å². The molecule has 5 rings (SSSR count). The van der Waals surface area contributed by atoms with Crippen molar-refractivity contribution in [3.63, 3.8) is 0 Å². The molecule has 178 valence electrons. The van der Waals surface area contributed by atoms with Crippen molar-refractivity contribution in [1.82, 2.24) is 10.3 Å². The fourth-order valence-electron chi connectivity index (χ4n) is 6.27. The van der Waals surface area contributed by atoms with Gasteiger partial charge in [0.25, 0.3) is 0 Å². The normalized spacial score (nSPS) is 30.3. The number of amides is 1. The Hall–Kier alpha value is -2.54. The molecular weight excluding hydrogens is 414 g/mol. The number of rotatable bonds is 6. The maximum atomic E-state index is 13.0. The Morgan fingerprint density at radius 3 is 2.61 bits per heavy atom. The minimum atomic E-state index is 0.0978. The number of carbonyl (C=O) groups is 1. The molecule has 2 aliphatic heterocycles. The molecule has 1 saturated heterocycles. The molecule has 1 amide bonds. The molecule has 7 nitrogen and oxygen atoms in total. The number of nitrogens with one attached hydrogen (secondary N) is 2. The highest BCUT2D eigenvalue weighted by molar-refractivity contribution is 5.82. The molecule has 1 aromatic rings. The molecule has 3 fully saturated rings. The second kappa shape index (κ2) is 8.67. The van der Waals surface area contributed by atoms with Gasteiger partial charge in [-0.15, -0.1) is 0 Å². The monoisotopic (exact) mass is 451 g/mol. The Labute approximate surface area is 197 Å². The van der Waals surface area contributed by atoms with Gasteiger partial charge in [0.15, 0.2) is 0 Å². The third-order valence-corrected chi connectivity index (χ3v) is 8.92. The first-order chi connectivity index (χ1) is 15.9. The van der Waals surface area contributed by atoms with Crippen molar-refractivity contribution < 1.29 is 9.53 Å². The first kappa shape index (κ1) is 22.3. The topological polar surface area (TPSA) is 69.2 Å². The quantitative estimate of drug-likeness (QED) is 0.689. The number of hydrogen-bond acceptors (Lipinski definition) is 6. The highest BCUT2D eigenvalue weighted by atomic mass is 16.5. The van der Waals surface area contributed by atoms with Crippen molar-refractivity contribution in [2.45, 2.75) is 52.5 Å². The fourth-order valence-corrected chi connectivity index (χ4v) is 6.27. The van der Waals surface area contributed by atoms with Gasteiger partial charge in [-0.2, -0.15) is 0 Å². The summed E-state index contributed by atoms with van der Waals surface area (Å²) in [6.45, 7) is 11.0. The summed E-state index contributed by atoms with van der Waals surface area (Å²) in [5, 5.41) is 5.36. The van der Waals surface area contributed by atoms with E-state index in [0.29, 0.717) is 24.4 Å². The first-order valence-electron chi connectivity index (χ1n) is 12.3. The van der Waals surface area contributed by atoms with Crippen LogP contribution in [0.2, 0.25) is 0 Å². The van der Waals surface area contributed by atoms with Crippen LogP contribution in [0, 0.1) is 16.7 Å². The van der Waals surface area contributed by atoms with Crippen LogP contribution in [0.15, 0.2) is 41.0 Å². The third-order valence-electron chi connectivity index (χ3n) is 8.92. The summed E-state index contributed by atoms with van der Waals surface area (Å²) in [7, 11) is 0. The van der Waals surface area contributed by atoms with E-state index in [9.17, 15) is 4.79 Å². The van der Waals surface area contributed by atoms with E-state index in [2.05, 4.69) is 65.7 Å². The van der Waals surface area contributed by atoms with Crippen molar-refractivity contribution in [2.24, 2.45) is 21.7 Å². The highest BCUT2D eigenvalue weighted by Crippen LogP contribution is 2.65. The molecule has 33 heavy (non-hydrogen) atoms. The minimum absolute atomic E-state index is 0.0978. The highest BCUT2D eigenvalue weighted by Gasteiger charge is 2.61. The smallest absolute Gasteiger partial charge is 0.226 e. The Morgan fingerprint density at radius 1 is 1.18 bits per heavy atom. The number of hydrazine groups is 1. The number of ether oxygens (including phenoxy) is 1. The Balaban J connectivity index is 1.19. The molecular formula is C26H37N5O2. The van der Waals surface area contributed by atoms with Crippen LogP contribution < -0.4 is 15.6 Å². The van der Waals surface area contributed by atoms with Crippen LogP contribution in [0.5, 0.6) is 0 Å². The summed E-state index contributed by atoms with van der Waals surface area (Å²) in [5.41, 5.74) is 7.05. The van der Waals surface area contributed by atoms with E-state index in [1.54, 1.807) is 6.21 Å². The molecule has 3 unspecified atom stereocenters. The van der Waals surface area contributed by atoms with Crippen molar-refractivity contribution in [3.8, 4) is 0 Å². The number of benzene rings is 1. The average molecular weight is 452 g/mol. The van der Waals surface area contributed by atoms with Gasteiger partial charge in [-0.1, -0.05) is 20.8 Å². The fraction of sp³-hybridized carbons (Fsp3) is 0.615. The summed E-state index contributed by atoms with van der Waals surface area (Å²) >= 11 is 0. The van der Waals surface area contributed by atoms with E-state index in [0.717, 1.165) is 44.1 Å². The van der Waals surface area contributed by atoms with Crippen molar-refractivity contribution in [3.05, 3.63) is 36.0 Å². The molecule has 7 heteroatoms. The molecule has 2 N–H and O–H groups in total. The third kappa shape index (κ3) is 4.12. The molecule has 2 aliphatic carbocycles. The Morgan fingerprint density at radius 2 is 1.94 bits per heavy atom. The van der Waals surface area contributed by atoms with E-state index in [-0.39, 0.29) is 17.4 Å². The number of allylic oxidation sites excluding steroid dienone is 1. The summed E-state index contributed by atoms with van der Waals surface area (Å²) in [5.74, 6) is 0.813. The van der Waals surface area contributed by atoms with Crippen molar-refractivity contribution in [2.75, 3.05) is 43.3 Å². The minimum Gasteiger partial charge on any atom is -0.378 e. The van der Waals surface area contributed by atoms with Crippen LogP contribution in [0.4, 0.5) is 11.4 Å². The lowest BCUT2D eigenvalue weighted by Gasteiger charge is -2.39. The summed E-state index contributed by atoms with van der Waals surface area (Å²) < 4.78 is 5.45. The Bertz CT molecular complexity index is 935. The molecule has 4 aliphatic rings. The van der Waals surface area contributed by atoms with Gasteiger partial charge in [0.05, 0.1) is 25.3 Å². The van der Waals surface area contributed by atoms with Gasteiger partial charge in [0.1, 0.15) is 6.67 Å². The predicted octanol–water partition coefficient (Wildman–Crippen LogP) is 3.80. The van der Waals surface area contributed by atoms with E-state index >= 15 is 0 Å². The summed E-state index contributed by atoms with van der Waals surface area (Å²) in [6.07, 6.45) is 7.68. The zero-order valence-corrected chi connectivity index (χ0v) is 20.1. The number of fused-ring (bicyclic) bond motifs is 2. The maximum Gasteiger partial charge on any atom is 0.226 e. The lowest BCUT2D eigenvalue weighted by molar-refractivity contribution is -0.122. The molecule has 2 saturated carbocycles. The predicted molar refractivity (Wildman–Crippen MR) is 132 cm³/mol. The van der Waals surface area contributed by atoms with Crippen LogP contribution in [-0.2, 0) is 9.53 Å². The van der Waals surface area contributed by atoms with Crippen LogP contribution in [-0.4, -0.2) is 56.1 Å². The molecule has 0 spiro atoms. The lowest BCUT2D eigenvalue weighted by Crippen LogP contribution is -2.47. The van der Waals surface area contributed by atoms with Gasteiger partial charge in [-0.25, -0.2) is 0 Å². The standard InChI is InChI=1S/C26H37N5O2/c1-25(2)19-8-10-26(25,3)23(16-19)28-24(32)17-22-9-11-27-18-31(22)29-20-4-6-21(7-5-20)30-12-14-33-15-13-30/h4-7,9,11,19,23,29H,8,10,12-18H2,1-3H3,(H,28,32). The SMILES string of the molecule is CC1(C)C2CCC1(C)C(NC(=O)CC1=CC=NCN1Nc1ccc(N3CCOCC3)cc1)C2. The van der Waals surface area contributed by atoms with E-state index < -0.39 is 0 Å². The van der Waals surface area contributed by atoms with E-state index in [1.807, 2.05) is 11.1 Å². The van der Waals surface area contributed by atoms with Gasteiger partial charge < -0.3 is 15.0 Å². The lowest BCUT2D eigenvalue weighted by atomic mass is 9.69. The first-order valence-corrected chi connectivity index (χ1v) is 12.3. The zero-order valence-electron chi connectivity index (χ0n) is 20.1. The largest absolute Gasteiger partial charge is 0.378 e. The number of morpholine rings is 1. The molecule has 2 heterocycles. The van der Waals surface area contributed by atoms with Crippen LogP contribution in [0.1, 0.15) is 46.5 Å². The molecule has 0 aromatic heterocycles. The van der Waals surface area contributed by atoms with Gasteiger partial charge in [0, 0.05) is 36.7 Å². The second-order valence-electron chi connectivity index (χ2n) is 10.7. The van der Waals surface area contributed by atoms with Crippen LogP contribution >= 0.6 is 0 Å². The number of aliphatic imine (C=N–C) groups is 1. The van der Waals surface area contributed by atoms with E-state index in [1.165, 1.54) is 18.5 Å². The number of nitrogens with zero attached hydrogens (tertiary/aromatic N) is 3. The number of hydrogen-bond donors (Lipinski definition) is 2. The average Bonchev–Trinajstić information content (AvgIpc) is 3.15. The maximum absolute atomic E-state index is 13.0. The van der Waals surface area contributed by atoms with E-state index in [4.69, 9.17) is 4.74 Å². The zero-order chi connectivity index (χ0) is 23.1. The second-order valence-corrected chi connectivity index (χ2v) is 10.7. The van der Waals surface area contributed by atoms with Gasteiger partial charge in [-0.3, -0.25) is 20.2 Å². The molecule has 0 radical (unpaired) electrons. The number of carbonyl (C=O) groups excluding carboxylic acids is 1. The van der Waals surface area contributed by atoms with Gasteiger partial charge in [0.2, 0.25) is 5.91 Å². The van der Waals surface area contributed by atoms with Gasteiger partial charge in [-0.05, 0) is 66.4 Å². The van der Waals surface area contributed by atoms with Crippen molar-refractivity contribution in [1.29, 1.82) is 0 Å². The Kier molecular flexibility index (Phi) is 5.85. The van der Waals surface area contributed by atoms with Crippen LogP contribution in [0.25, 0.3) is 0 Å². The number of anilines is 2. The van der Waals surface area contributed by atoms with Crippen LogP contribution in [0.3, 0.4) is 0 Å².